The van der Waals surface area contributed by atoms with Gasteiger partial charge in [-0.15, -0.1) is 0 Å². The summed E-state index contributed by atoms with van der Waals surface area (Å²) in [4.78, 5) is 0. The summed E-state index contributed by atoms with van der Waals surface area (Å²) in [5.74, 6) is 0. The Morgan fingerprint density at radius 3 is 2.40 bits per heavy atom. The largest absolute Gasteiger partial charge is 0.402 e. The van der Waals surface area contributed by atoms with Crippen LogP contribution in [0.15, 0.2) is 0 Å². The molecule has 0 aromatic carbocycles. The average molecular weight is 187 g/mol. The average Bonchev–Trinajstić information content (AvgIpc) is 2.11. The van der Waals surface area contributed by atoms with Crippen LogP contribution in [-0.4, -0.2) is 22.3 Å². The fourth-order valence-electron chi connectivity index (χ4n) is 0.571. The van der Waals surface area contributed by atoms with Gasteiger partial charge in [0.1, 0.15) is 9.57 Å². The molecule has 0 bridgehead atoms. The summed E-state index contributed by atoms with van der Waals surface area (Å²) in [7, 11) is 0. The predicted molar refractivity (Wildman–Crippen MR) is 38.0 cm³/mol. The van der Waals surface area contributed by atoms with Crippen molar-refractivity contribution in [2.75, 3.05) is 6.54 Å². The number of rotatable bonds is 0. The Kier molecular flexibility index (Phi) is 2.10. The Bertz CT molecular complexity index is 155. The second-order valence-electron chi connectivity index (χ2n) is 1.82. The molecule has 1 nitrogen and oxygen atoms in total. The van der Waals surface area contributed by atoms with Gasteiger partial charge >= 0.3 is 6.18 Å². The van der Waals surface area contributed by atoms with Crippen LogP contribution >= 0.6 is 24.0 Å². The SMILES string of the molecule is FC(F)(F)C1CNC(=S)S1. The van der Waals surface area contributed by atoms with E-state index in [9.17, 15) is 13.2 Å². The van der Waals surface area contributed by atoms with Crippen molar-refractivity contribution in [2.24, 2.45) is 0 Å². The number of hydrogen-bond donors (Lipinski definition) is 1. The van der Waals surface area contributed by atoms with Crippen molar-refractivity contribution in [3.05, 3.63) is 0 Å². The molecule has 0 saturated carbocycles. The quantitative estimate of drug-likeness (QED) is 0.578. The second kappa shape index (κ2) is 2.58. The van der Waals surface area contributed by atoms with Gasteiger partial charge in [-0.1, -0.05) is 24.0 Å². The molecule has 1 saturated heterocycles. The summed E-state index contributed by atoms with van der Waals surface area (Å²) in [6.45, 7) is -0.0903. The van der Waals surface area contributed by atoms with Crippen molar-refractivity contribution in [1.82, 2.24) is 5.32 Å². The maximum atomic E-state index is 11.8. The fraction of sp³-hybridized carbons (Fsp3) is 0.750. The van der Waals surface area contributed by atoms with Crippen LogP contribution in [0.5, 0.6) is 0 Å². The van der Waals surface area contributed by atoms with Gasteiger partial charge in [-0.2, -0.15) is 13.2 Å². The zero-order valence-electron chi connectivity index (χ0n) is 4.73. The van der Waals surface area contributed by atoms with Crippen LogP contribution in [0.25, 0.3) is 0 Å². The lowest BCUT2D eigenvalue weighted by Crippen LogP contribution is -2.28. The molecule has 0 aromatic rings. The zero-order valence-corrected chi connectivity index (χ0v) is 6.37. The van der Waals surface area contributed by atoms with Crippen molar-refractivity contribution in [1.29, 1.82) is 0 Å². The lowest BCUT2D eigenvalue weighted by molar-refractivity contribution is -0.126. The summed E-state index contributed by atoms with van der Waals surface area (Å²) < 4.78 is 35.7. The minimum atomic E-state index is -4.13. The van der Waals surface area contributed by atoms with Crippen LogP contribution in [0.3, 0.4) is 0 Å². The molecule has 1 rings (SSSR count). The number of nitrogens with one attached hydrogen (secondary N) is 1. The highest BCUT2D eigenvalue weighted by Crippen LogP contribution is 2.33. The van der Waals surface area contributed by atoms with Crippen LogP contribution in [0, 0.1) is 0 Å². The molecular weight excluding hydrogens is 183 g/mol. The van der Waals surface area contributed by atoms with Crippen LogP contribution in [0.1, 0.15) is 0 Å². The van der Waals surface area contributed by atoms with E-state index < -0.39 is 11.4 Å². The van der Waals surface area contributed by atoms with Gasteiger partial charge in [-0.3, -0.25) is 0 Å². The first-order valence-corrected chi connectivity index (χ1v) is 3.80. The third kappa shape index (κ3) is 1.76. The van der Waals surface area contributed by atoms with Gasteiger partial charge in [0, 0.05) is 6.54 Å². The number of thioether (sulfide) groups is 1. The molecular formula is C4H4F3NS2. The van der Waals surface area contributed by atoms with Crippen molar-refractivity contribution in [2.45, 2.75) is 11.4 Å². The number of thiocarbonyl (C=S) groups is 1. The van der Waals surface area contributed by atoms with E-state index in [4.69, 9.17) is 0 Å². The Balaban J connectivity index is 2.53. The highest BCUT2D eigenvalue weighted by molar-refractivity contribution is 8.23. The fourth-order valence-corrected chi connectivity index (χ4v) is 1.73. The van der Waals surface area contributed by atoms with Crippen LogP contribution in [0.2, 0.25) is 0 Å². The molecule has 1 heterocycles. The summed E-state index contributed by atoms with van der Waals surface area (Å²) in [5.41, 5.74) is 0. The van der Waals surface area contributed by atoms with Gasteiger partial charge in [0.15, 0.2) is 0 Å². The maximum absolute atomic E-state index is 11.8. The van der Waals surface area contributed by atoms with E-state index in [1.807, 2.05) is 0 Å². The monoisotopic (exact) mass is 187 g/mol. The second-order valence-corrected chi connectivity index (χ2v) is 3.70. The smallest absolute Gasteiger partial charge is 0.369 e. The molecule has 1 fully saturated rings. The van der Waals surface area contributed by atoms with Crippen LogP contribution in [-0.2, 0) is 0 Å². The van der Waals surface area contributed by atoms with E-state index in [0.717, 1.165) is 0 Å². The Morgan fingerprint density at radius 2 is 2.20 bits per heavy atom. The van der Waals surface area contributed by atoms with Crippen LogP contribution < -0.4 is 5.32 Å². The lowest BCUT2D eigenvalue weighted by Gasteiger charge is -2.10. The third-order valence-corrected chi connectivity index (χ3v) is 2.56. The summed E-state index contributed by atoms with van der Waals surface area (Å²) in [6, 6.07) is 0. The molecule has 1 aliphatic rings. The normalized spacial score (nSPS) is 26.7. The summed E-state index contributed by atoms with van der Waals surface area (Å²) in [5, 5.41) is 1.10. The van der Waals surface area contributed by atoms with Crippen molar-refractivity contribution < 1.29 is 13.2 Å². The van der Waals surface area contributed by atoms with Gasteiger partial charge in [0.25, 0.3) is 0 Å². The molecule has 0 aliphatic carbocycles. The third-order valence-electron chi connectivity index (χ3n) is 1.05. The van der Waals surface area contributed by atoms with E-state index in [1.165, 1.54) is 0 Å². The van der Waals surface area contributed by atoms with Gasteiger partial charge in [0.05, 0.1) is 0 Å². The van der Waals surface area contributed by atoms with E-state index in [1.54, 1.807) is 0 Å². The van der Waals surface area contributed by atoms with Gasteiger partial charge in [0.2, 0.25) is 0 Å². The molecule has 1 N–H and O–H groups in total. The standard InChI is InChI=1S/C4H4F3NS2/c5-4(6,7)2-1-8-3(9)10-2/h2H,1H2,(H,8,9). The first-order chi connectivity index (χ1) is 4.50. The molecule has 6 heteroatoms. The van der Waals surface area contributed by atoms with Gasteiger partial charge in [-0.05, 0) is 0 Å². The molecule has 10 heavy (non-hydrogen) atoms. The van der Waals surface area contributed by atoms with Gasteiger partial charge in [-0.25, -0.2) is 0 Å². The van der Waals surface area contributed by atoms with Crippen LogP contribution in [0.4, 0.5) is 13.2 Å². The summed E-state index contributed by atoms with van der Waals surface area (Å²) in [6.07, 6.45) is -4.13. The van der Waals surface area contributed by atoms with Crippen molar-refractivity contribution in [3.63, 3.8) is 0 Å². The topological polar surface area (TPSA) is 12.0 Å². The molecule has 0 radical (unpaired) electrons. The Morgan fingerprint density at radius 1 is 1.60 bits per heavy atom. The minimum absolute atomic E-state index is 0.0903. The molecule has 1 aliphatic heterocycles. The number of halogens is 3. The molecule has 58 valence electrons. The number of hydrogen-bond acceptors (Lipinski definition) is 2. The van der Waals surface area contributed by atoms with E-state index in [-0.39, 0.29) is 10.9 Å². The van der Waals surface area contributed by atoms with Gasteiger partial charge < -0.3 is 5.32 Å². The minimum Gasteiger partial charge on any atom is -0.369 e. The van der Waals surface area contributed by atoms with Crippen molar-refractivity contribution in [3.8, 4) is 0 Å². The highest BCUT2D eigenvalue weighted by Gasteiger charge is 2.43. The molecule has 0 spiro atoms. The maximum Gasteiger partial charge on any atom is 0.402 e. The summed E-state index contributed by atoms with van der Waals surface area (Å²) >= 11 is 5.18. The first-order valence-electron chi connectivity index (χ1n) is 2.51. The lowest BCUT2D eigenvalue weighted by atomic mass is 10.4. The predicted octanol–water partition coefficient (Wildman–Crippen LogP) is 1.54. The molecule has 0 amide bonds. The first kappa shape index (κ1) is 8.13. The Labute approximate surface area is 65.4 Å². The van der Waals surface area contributed by atoms with E-state index in [0.29, 0.717) is 11.8 Å². The van der Waals surface area contributed by atoms with E-state index >= 15 is 0 Å². The molecule has 1 unspecified atom stereocenters. The van der Waals surface area contributed by atoms with E-state index in [2.05, 4.69) is 17.5 Å². The molecule has 1 atom stereocenters. The van der Waals surface area contributed by atoms with Crippen molar-refractivity contribution >= 4 is 28.3 Å². The zero-order chi connectivity index (χ0) is 7.78. The Hall–Kier alpha value is 0.0300. The number of alkyl halides is 3. The molecule has 0 aromatic heterocycles. The highest BCUT2D eigenvalue weighted by atomic mass is 32.2.